The zero-order chi connectivity index (χ0) is 14.8. The molecule has 19 heavy (non-hydrogen) atoms. The minimum Gasteiger partial charge on any atom is -0.481 e. The van der Waals surface area contributed by atoms with Gasteiger partial charge in [0.2, 0.25) is 0 Å². The van der Waals surface area contributed by atoms with Crippen molar-refractivity contribution in [2.75, 3.05) is 20.2 Å². The normalized spacial score (nSPS) is 13.9. The fourth-order valence-electron chi connectivity index (χ4n) is 1.77. The molecule has 3 N–H and O–H groups in total. The lowest BCUT2D eigenvalue weighted by atomic mass is 9.94. The van der Waals surface area contributed by atoms with Gasteiger partial charge in [-0.05, 0) is 25.2 Å². The third kappa shape index (κ3) is 10.3. The molecule has 0 bridgehead atoms. The number of aliphatic carboxylic acids is 1. The van der Waals surface area contributed by atoms with Crippen molar-refractivity contribution in [3.63, 3.8) is 0 Å². The number of carbonyl (C=O) groups is 2. The highest BCUT2D eigenvalue weighted by molar-refractivity contribution is 5.74. The van der Waals surface area contributed by atoms with Crippen molar-refractivity contribution in [2.24, 2.45) is 11.8 Å². The van der Waals surface area contributed by atoms with Gasteiger partial charge in [0.15, 0.2) is 0 Å². The van der Waals surface area contributed by atoms with E-state index in [1.54, 1.807) is 7.11 Å². The summed E-state index contributed by atoms with van der Waals surface area (Å²) in [6, 6.07) is -0.289. The summed E-state index contributed by atoms with van der Waals surface area (Å²) in [5.74, 6) is -0.466. The second-order valence-electron chi connectivity index (χ2n) is 5.23. The van der Waals surface area contributed by atoms with Crippen molar-refractivity contribution >= 4 is 12.0 Å². The number of ether oxygens (including phenoxy) is 1. The van der Waals surface area contributed by atoms with E-state index in [-0.39, 0.29) is 24.5 Å². The first kappa shape index (κ1) is 17.7. The molecule has 0 saturated heterocycles. The quantitative estimate of drug-likeness (QED) is 0.594. The molecule has 0 aromatic heterocycles. The Morgan fingerprint density at radius 1 is 1.16 bits per heavy atom. The molecular formula is C13H26N2O4. The molecule has 0 fully saturated rings. The molecule has 0 aliphatic carbocycles. The Bertz CT molecular complexity index is 282. The standard InChI is InChI=1S/C13H26N2O4/c1-9(2)5-11(6-12(16)17)8-15-13(18)14-7-10(3)19-4/h9-11H,5-8H2,1-4H3,(H,16,17)(H2,14,15,18)/t10?,11-/m0/s1. The van der Waals surface area contributed by atoms with Crippen molar-refractivity contribution in [1.29, 1.82) is 0 Å². The summed E-state index contributed by atoms with van der Waals surface area (Å²) in [5, 5.41) is 14.2. The molecule has 0 aliphatic rings. The van der Waals surface area contributed by atoms with Gasteiger partial charge in [-0.25, -0.2) is 4.79 Å². The van der Waals surface area contributed by atoms with E-state index in [0.717, 1.165) is 6.42 Å². The first-order valence-corrected chi connectivity index (χ1v) is 6.61. The Morgan fingerprint density at radius 2 is 1.74 bits per heavy atom. The minimum absolute atomic E-state index is 0.0388. The summed E-state index contributed by atoms with van der Waals surface area (Å²) >= 11 is 0. The number of hydrogen-bond donors (Lipinski definition) is 3. The zero-order valence-corrected chi connectivity index (χ0v) is 12.2. The van der Waals surface area contributed by atoms with Crippen LogP contribution in [0.2, 0.25) is 0 Å². The fraction of sp³-hybridized carbons (Fsp3) is 0.846. The Balaban J connectivity index is 4.01. The molecule has 0 aliphatic heterocycles. The lowest BCUT2D eigenvalue weighted by molar-refractivity contribution is -0.138. The lowest BCUT2D eigenvalue weighted by Gasteiger charge is -2.18. The van der Waals surface area contributed by atoms with E-state index in [1.165, 1.54) is 0 Å². The van der Waals surface area contributed by atoms with Crippen molar-refractivity contribution in [3.05, 3.63) is 0 Å². The van der Waals surface area contributed by atoms with Crippen molar-refractivity contribution in [1.82, 2.24) is 10.6 Å². The van der Waals surface area contributed by atoms with Crippen LogP contribution in [0.15, 0.2) is 0 Å². The average Bonchev–Trinajstić information content (AvgIpc) is 2.31. The van der Waals surface area contributed by atoms with E-state index < -0.39 is 5.97 Å². The van der Waals surface area contributed by atoms with Gasteiger partial charge in [-0.2, -0.15) is 0 Å². The summed E-state index contributed by atoms with van der Waals surface area (Å²) in [7, 11) is 1.58. The third-order valence-electron chi connectivity index (χ3n) is 2.77. The Labute approximate surface area is 114 Å². The van der Waals surface area contributed by atoms with Crippen molar-refractivity contribution in [2.45, 2.75) is 39.7 Å². The summed E-state index contributed by atoms with van der Waals surface area (Å²) in [6.45, 7) is 6.73. The number of nitrogens with one attached hydrogen (secondary N) is 2. The number of urea groups is 1. The Hall–Kier alpha value is -1.30. The molecule has 6 nitrogen and oxygen atoms in total. The highest BCUT2D eigenvalue weighted by Crippen LogP contribution is 2.14. The van der Waals surface area contributed by atoms with E-state index >= 15 is 0 Å². The van der Waals surface area contributed by atoms with E-state index in [1.807, 2.05) is 20.8 Å². The highest BCUT2D eigenvalue weighted by Gasteiger charge is 2.16. The van der Waals surface area contributed by atoms with Crippen LogP contribution in [0.3, 0.4) is 0 Å². The van der Waals surface area contributed by atoms with E-state index in [2.05, 4.69) is 10.6 Å². The highest BCUT2D eigenvalue weighted by atomic mass is 16.5. The molecule has 0 aromatic carbocycles. The van der Waals surface area contributed by atoms with E-state index in [4.69, 9.17) is 9.84 Å². The topological polar surface area (TPSA) is 87.7 Å². The van der Waals surface area contributed by atoms with E-state index in [0.29, 0.717) is 19.0 Å². The van der Waals surface area contributed by atoms with Gasteiger partial charge in [0, 0.05) is 26.6 Å². The third-order valence-corrected chi connectivity index (χ3v) is 2.77. The second kappa shape index (κ2) is 9.61. The number of carbonyl (C=O) groups excluding carboxylic acids is 1. The van der Waals surface area contributed by atoms with Gasteiger partial charge in [-0.15, -0.1) is 0 Å². The molecule has 0 aromatic rings. The number of amides is 2. The van der Waals surface area contributed by atoms with Crippen LogP contribution in [0.1, 0.15) is 33.6 Å². The zero-order valence-electron chi connectivity index (χ0n) is 12.2. The van der Waals surface area contributed by atoms with Crippen LogP contribution in [-0.4, -0.2) is 43.4 Å². The molecule has 0 spiro atoms. The monoisotopic (exact) mass is 274 g/mol. The molecule has 1 unspecified atom stereocenters. The van der Waals surface area contributed by atoms with Crippen LogP contribution in [0.25, 0.3) is 0 Å². The van der Waals surface area contributed by atoms with Gasteiger partial charge in [0.25, 0.3) is 0 Å². The molecule has 112 valence electrons. The van der Waals surface area contributed by atoms with Gasteiger partial charge >= 0.3 is 12.0 Å². The largest absolute Gasteiger partial charge is 0.481 e. The van der Waals surface area contributed by atoms with Crippen molar-refractivity contribution < 1.29 is 19.4 Å². The van der Waals surface area contributed by atoms with Crippen molar-refractivity contribution in [3.8, 4) is 0 Å². The number of hydrogen-bond acceptors (Lipinski definition) is 3. The summed E-state index contributed by atoms with van der Waals surface area (Å²) in [4.78, 5) is 22.3. The smallest absolute Gasteiger partial charge is 0.314 e. The molecule has 2 amide bonds. The summed E-state index contributed by atoms with van der Waals surface area (Å²) in [5.41, 5.74) is 0. The molecule has 2 atom stereocenters. The van der Waals surface area contributed by atoms with Gasteiger partial charge in [-0.1, -0.05) is 13.8 Å². The second-order valence-corrected chi connectivity index (χ2v) is 5.23. The predicted molar refractivity (Wildman–Crippen MR) is 73.1 cm³/mol. The average molecular weight is 274 g/mol. The molecule has 0 heterocycles. The molecule has 6 heteroatoms. The first-order chi connectivity index (χ1) is 8.85. The van der Waals surface area contributed by atoms with Crippen LogP contribution in [-0.2, 0) is 9.53 Å². The number of carboxylic acids is 1. The summed E-state index contributed by atoms with van der Waals surface area (Å²) < 4.78 is 5.01. The van der Waals surface area contributed by atoms with Gasteiger partial charge < -0.3 is 20.5 Å². The maximum Gasteiger partial charge on any atom is 0.314 e. The van der Waals surface area contributed by atoms with Crippen LogP contribution < -0.4 is 10.6 Å². The lowest BCUT2D eigenvalue weighted by Crippen LogP contribution is -2.41. The maximum absolute atomic E-state index is 11.5. The molecule has 0 radical (unpaired) electrons. The number of rotatable bonds is 9. The number of carboxylic acid groups (broad SMARTS) is 1. The van der Waals surface area contributed by atoms with Crippen LogP contribution in [0.4, 0.5) is 4.79 Å². The fourth-order valence-corrected chi connectivity index (χ4v) is 1.77. The number of methoxy groups -OCH3 is 1. The molecule has 0 saturated carbocycles. The molecule has 0 rings (SSSR count). The van der Waals surface area contributed by atoms with Gasteiger partial charge in [0.1, 0.15) is 0 Å². The van der Waals surface area contributed by atoms with Gasteiger partial charge in [0.05, 0.1) is 6.10 Å². The van der Waals surface area contributed by atoms with Crippen LogP contribution >= 0.6 is 0 Å². The van der Waals surface area contributed by atoms with Crippen LogP contribution in [0.5, 0.6) is 0 Å². The SMILES string of the molecule is COC(C)CNC(=O)NC[C@H](CC(=O)O)CC(C)C. The van der Waals surface area contributed by atoms with Crippen LogP contribution in [0, 0.1) is 11.8 Å². The first-order valence-electron chi connectivity index (χ1n) is 6.61. The maximum atomic E-state index is 11.5. The van der Waals surface area contributed by atoms with E-state index in [9.17, 15) is 9.59 Å². The molecular weight excluding hydrogens is 248 g/mol. The predicted octanol–water partition coefficient (Wildman–Crippen LogP) is 1.46. The Kier molecular flexibility index (Phi) is 8.95. The summed E-state index contributed by atoms with van der Waals surface area (Å²) in [6.07, 6.45) is 0.810. The van der Waals surface area contributed by atoms with Gasteiger partial charge in [-0.3, -0.25) is 4.79 Å². The minimum atomic E-state index is -0.833. The Morgan fingerprint density at radius 3 is 2.21 bits per heavy atom.